The van der Waals surface area contributed by atoms with Gasteiger partial charge in [-0.05, 0) is 80.7 Å². The van der Waals surface area contributed by atoms with Crippen LogP contribution in [0.25, 0.3) is 0 Å². The van der Waals surface area contributed by atoms with Crippen LogP contribution in [0.4, 0.5) is 5.69 Å². The molecule has 2 fully saturated rings. The monoisotopic (exact) mass is 652 g/mol. The van der Waals surface area contributed by atoms with Crippen LogP contribution in [0.2, 0.25) is 10.0 Å². The molecule has 0 aliphatic carbocycles. The Morgan fingerprint density at radius 3 is 2.36 bits per heavy atom. The maximum absolute atomic E-state index is 14.0. The van der Waals surface area contributed by atoms with Crippen LogP contribution in [-0.2, 0) is 15.6 Å². The molecule has 238 valence electrons. The van der Waals surface area contributed by atoms with Crippen LogP contribution in [0.3, 0.4) is 0 Å². The largest absolute Gasteiger partial charge is 0.496 e. The number of carbonyl (C=O) groups is 2. The van der Waals surface area contributed by atoms with E-state index in [1.807, 2.05) is 53.4 Å². The number of methoxy groups -OCH3 is 1. The third kappa shape index (κ3) is 6.60. The molecule has 5 rings (SSSR count). The molecule has 0 saturated carbocycles. The number of primary amides is 1. The highest BCUT2D eigenvalue weighted by molar-refractivity contribution is 6.42. The quantitative estimate of drug-likeness (QED) is 0.0860. The molecule has 0 aromatic heterocycles. The van der Waals surface area contributed by atoms with E-state index in [2.05, 4.69) is 10.3 Å². The summed E-state index contributed by atoms with van der Waals surface area (Å²) in [4.78, 5) is 31.0. The number of amides is 2. The number of likely N-dealkylation sites (tertiary alicyclic amines) is 2. The van der Waals surface area contributed by atoms with Gasteiger partial charge in [0.05, 0.1) is 28.1 Å². The van der Waals surface area contributed by atoms with E-state index in [0.717, 1.165) is 43.6 Å². The van der Waals surface area contributed by atoms with Crippen molar-refractivity contribution in [2.75, 3.05) is 39.8 Å². The molecule has 2 aliphatic rings. The SMILES string of the molecule is COc1ccc(/[N+](N)=C/NN)cc1C(=O)N1CCC(CCN2CCC(C(N)=O)(c3ccccc3)CC2)(c2ccc(Cl)c(Cl)c2)C1. The normalized spacial score (nSPS) is 20.2. The van der Waals surface area contributed by atoms with Gasteiger partial charge in [0.25, 0.3) is 12.2 Å². The lowest BCUT2D eigenvalue weighted by Gasteiger charge is -2.41. The molecular formula is C33H40Cl2N7O3+. The van der Waals surface area contributed by atoms with Crippen molar-refractivity contribution >= 4 is 47.0 Å². The van der Waals surface area contributed by atoms with E-state index in [4.69, 9.17) is 45.4 Å². The number of rotatable bonds is 10. The first-order valence-corrected chi connectivity index (χ1v) is 15.7. The molecule has 45 heavy (non-hydrogen) atoms. The number of carbonyl (C=O) groups excluding carboxylic acids is 2. The minimum atomic E-state index is -0.666. The van der Waals surface area contributed by atoms with Crippen LogP contribution in [0, 0.1) is 0 Å². The average Bonchev–Trinajstić information content (AvgIpc) is 3.50. The van der Waals surface area contributed by atoms with Crippen molar-refractivity contribution in [3.05, 3.63) is 93.5 Å². The average molecular weight is 654 g/mol. The van der Waals surface area contributed by atoms with E-state index >= 15 is 0 Å². The summed E-state index contributed by atoms with van der Waals surface area (Å²) in [6, 6.07) is 20.7. The zero-order valence-electron chi connectivity index (χ0n) is 25.3. The van der Waals surface area contributed by atoms with Crippen molar-refractivity contribution in [1.82, 2.24) is 15.2 Å². The van der Waals surface area contributed by atoms with E-state index in [9.17, 15) is 9.59 Å². The summed E-state index contributed by atoms with van der Waals surface area (Å²) < 4.78 is 6.84. The molecular weight excluding hydrogens is 613 g/mol. The van der Waals surface area contributed by atoms with Crippen LogP contribution in [0.15, 0.2) is 66.7 Å². The Labute approximate surface area is 273 Å². The fourth-order valence-corrected chi connectivity index (χ4v) is 7.07. The number of piperidine rings is 1. The Morgan fingerprint density at radius 1 is 0.978 bits per heavy atom. The maximum Gasteiger partial charge on any atom is 0.278 e. The fourth-order valence-electron chi connectivity index (χ4n) is 6.77. The molecule has 2 heterocycles. The number of hydrogen-bond donors (Lipinski definition) is 4. The summed E-state index contributed by atoms with van der Waals surface area (Å²) >= 11 is 12.8. The number of benzene rings is 3. The van der Waals surface area contributed by atoms with Crippen molar-refractivity contribution in [2.24, 2.45) is 17.4 Å². The Morgan fingerprint density at radius 2 is 1.71 bits per heavy atom. The number of nitrogens with one attached hydrogen (secondary N) is 1. The van der Waals surface area contributed by atoms with Gasteiger partial charge in [-0.15, -0.1) is 4.68 Å². The van der Waals surface area contributed by atoms with Gasteiger partial charge in [0, 0.05) is 24.6 Å². The van der Waals surface area contributed by atoms with E-state index < -0.39 is 5.41 Å². The Bertz CT molecular complexity index is 1580. The first kappa shape index (κ1) is 32.6. The maximum atomic E-state index is 14.0. The first-order valence-electron chi connectivity index (χ1n) is 15.0. The molecule has 1 unspecified atom stereocenters. The predicted molar refractivity (Wildman–Crippen MR) is 177 cm³/mol. The smallest absolute Gasteiger partial charge is 0.278 e. The van der Waals surface area contributed by atoms with Crippen LogP contribution in [-0.4, -0.2) is 72.5 Å². The van der Waals surface area contributed by atoms with Gasteiger partial charge in [-0.1, -0.05) is 59.6 Å². The highest BCUT2D eigenvalue weighted by Crippen LogP contribution is 2.42. The van der Waals surface area contributed by atoms with Gasteiger partial charge >= 0.3 is 0 Å². The lowest BCUT2D eigenvalue weighted by atomic mass is 9.71. The Hall–Kier alpha value is -3.83. The summed E-state index contributed by atoms with van der Waals surface area (Å²) in [6.45, 7) is 3.31. The van der Waals surface area contributed by atoms with Crippen LogP contribution < -0.4 is 27.6 Å². The van der Waals surface area contributed by atoms with Gasteiger partial charge in [0.15, 0.2) is 5.69 Å². The molecule has 7 N–H and O–H groups in total. The van der Waals surface area contributed by atoms with Gasteiger partial charge in [0.2, 0.25) is 5.91 Å². The molecule has 2 aliphatic heterocycles. The Kier molecular flexibility index (Phi) is 9.88. The predicted octanol–water partition coefficient (Wildman–Crippen LogP) is 3.70. The molecule has 12 heteroatoms. The summed E-state index contributed by atoms with van der Waals surface area (Å²) in [5.74, 6) is 11.5. The molecule has 2 saturated heterocycles. The zero-order valence-corrected chi connectivity index (χ0v) is 26.9. The van der Waals surface area contributed by atoms with Gasteiger partial charge in [-0.25, -0.2) is 5.43 Å². The number of hydrazone groups is 1. The van der Waals surface area contributed by atoms with Gasteiger partial charge < -0.3 is 20.3 Å². The molecule has 3 aromatic carbocycles. The number of hydrogen-bond acceptors (Lipinski definition) is 6. The standard InChI is InChI=1S/C33H39Cl2N7O3/c1-45-29-10-8-25(42(38)22-39-37)20-26(29)30(43)41-18-12-32(21-41,24-7-9-27(34)28(35)19-24)11-15-40-16-13-33(14-17-40,31(36)44)23-5-3-2-4-6-23/h2-10,19-20,22H,11-18,21,37-38H2,1H3,(H2,36,44)/p+1. The third-order valence-electron chi connectivity index (χ3n) is 9.51. The second-order valence-corrected chi connectivity index (χ2v) is 12.7. The highest BCUT2D eigenvalue weighted by atomic mass is 35.5. The Balaban J connectivity index is 1.37. The third-order valence-corrected chi connectivity index (χ3v) is 10.3. The molecule has 0 radical (unpaired) electrons. The molecule has 0 spiro atoms. The number of nitrogens with two attached hydrogens (primary N) is 3. The number of hydrazine groups is 2. The van der Waals surface area contributed by atoms with Gasteiger partial charge in [-0.2, -0.15) is 5.84 Å². The highest BCUT2D eigenvalue weighted by Gasteiger charge is 2.44. The topological polar surface area (TPSA) is 143 Å². The van der Waals surface area contributed by atoms with Gasteiger partial charge in [-0.3, -0.25) is 15.4 Å². The second-order valence-electron chi connectivity index (χ2n) is 11.9. The van der Waals surface area contributed by atoms with Crippen molar-refractivity contribution in [1.29, 1.82) is 0 Å². The van der Waals surface area contributed by atoms with Crippen molar-refractivity contribution in [3.63, 3.8) is 0 Å². The summed E-state index contributed by atoms with van der Waals surface area (Å²) in [7, 11) is 1.53. The van der Waals surface area contributed by atoms with E-state index in [-0.39, 0.29) is 17.2 Å². The summed E-state index contributed by atoms with van der Waals surface area (Å²) in [6.07, 6.45) is 4.23. The number of halogens is 2. The van der Waals surface area contributed by atoms with E-state index in [1.54, 1.807) is 18.2 Å². The molecule has 10 nitrogen and oxygen atoms in total. The number of ether oxygens (including phenoxy) is 1. The van der Waals surface area contributed by atoms with E-state index in [1.165, 1.54) is 18.1 Å². The number of nitrogens with zero attached hydrogens (tertiary/aromatic N) is 3. The first-order chi connectivity index (χ1) is 21.6. The van der Waals surface area contributed by atoms with Crippen LogP contribution in [0.1, 0.15) is 47.2 Å². The van der Waals surface area contributed by atoms with Crippen molar-refractivity contribution in [2.45, 2.75) is 36.5 Å². The fraction of sp³-hybridized carbons (Fsp3) is 0.364. The van der Waals surface area contributed by atoms with Gasteiger partial charge in [0.1, 0.15) is 5.75 Å². The zero-order chi connectivity index (χ0) is 32.2. The van der Waals surface area contributed by atoms with E-state index in [0.29, 0.717) is 53.0 Å². The summed E-state index contributed by atoms with van der Waals surface area (Å²) in [5.41, 5.74) is 10.3. The lowest BCUT2D eigenvalue weighted by molar-refractivity contribution is -0.449. The minimum Gasteiger partial charge on any atom is -0.496 e. The van der Waals surface area contributed by atoms with Crippen molar-refractivity contribution in [3.8, 4) is 5.75 Å². The second kappa shape index (κ2) is 13.7. The van der Waals surface area contributed by atoms with Crippen molar-refractivity contribution < 1.29 is 19.0 Å². The van der Waals surface area contributed by atoms with Crippen LogP contribution >= 0.6 is 23.2 Å². The molecule has 0 bridgehead atoms. The minimum absolute atomic E-state index is 0.156. The molecule has 1 atom stereocenters. The molecule has 3 aromatic rings. The summed E-state index contributed by atoms with van der Waals surface area (Å²) in [5, 5.41) is 0.963. The van der Waals surface area contributed by atoms with Crippen LogP contribution in [0.5, 0.6) is 5.75 Å². The lowest BCUT2D eigenvalue weighted by Crippen LogP contribution is -2.50. The molecule has 2 amide bonds.